The number of aryl methyl sites for hydroxylation is 1. The average molecular weight is 306 g/mol. The van der Waals surface area contributed by atoms with Crippen LogP contribution in [0.15, 0.2) is 12.2 Å². The van der Waals surface area contributed by atoms with Crippen LogP contribution in [0, 0.1) is 13.8 Å². The molecule has 0 radical (unpaired) electrons. The summed E-state index contributed by atoms with van der Waals surface area (Å²) in [7, 11) is 0. The van der Waals surface area contributed by atoms with Crippen LogP contribution >= 0.6 is 0 Å². The van der Waals surface area contributed by atoms with E-state index in [2.05, 4.69) is 11.6 Å². The van der Waals surface area contributed by atoms with Gasteiger partial charge in [0.15, 0.2) is 0 Å². The highest BCUT2D eigenvalue weighted by Crippen LogP contribution is 2.21. The summed E-state index contributed by atoms with van der Waals surface area (Å²) in [5, 5.41) is 0. The number of aromatic amines is 1. The molecule has 0 saturated heterocycles. The molecule has 22 heavy (non-hydrogen) atoms. The van der Waals surface area contributed by atoms with E-state index in [0.29, 0.717) is 35.6 Å². The minimum atomic E-state index is -0.400. The van der Waals surface area contributed by atoms with Crippen LogP contribution in [0.5, 0.6) is 0 Å². The second-order valence-electron chi connectivity index (χ2n) is 5.86. The molecular formula is C17H26N2O3. The molecule has 1 N–H and O–H groups in total. The molecule has 1 rings (SSSR count). The molecule has 0 bridgehead atoms. The number of hydrogen-bond donors (Lipinski definition) is 1. The van der Waals surface area contributed by atoms with Gasteiger partial charge in [0.25, 0.3) is 5.91 Å². The van der Waals surface area contributed by atoms with Crippen molar-refractivity contribution in [1.29, 1.82) is 0 Å². The first-order chi connectivity index (χ1) is 10.2. The molecule has 0 fully saturated rings. The number of nitrogens with one attached hydrogen (secondary N) is 1. The Morgan fingerprint density at radius 1 is 1.32 bits per heavy atom. The number of likely N-dealkylation sites (N-methyl/N-ethyl adjacent to an activating group) is 1. The molecule has 5 nitrogen and oxygen atoms in total. The largest absolute Gasteiger partial charge is 0.459 e. The zero-order valence-corrected chi connectivity index (χ0v) is 14.4. The van der Waals surface area contributed by atoms with Crippen LogP contribution in [-0.4, -0.2) is 41.0 Å². The van der Waals surface area contributed by atoms with Crippen LogP contribution in [-0.2, 0) is 4.74 Å². The van der Waals surface area contributed by atoms with Crippen molar-refractivity contribution in [3.05, 3.63) is 34.7 Å². The van der Waals surface area contributed by atoms with Gasteiger partial charge in [0.05, 0.1) is 11.7 Å². The van der Waals surface area contributed by atoms with Crippen LogP contribution in [0.1, 0.15) is 59.8 Å². The van der Waals surface area contributed by atoms with E-state index in [1.807, 2.05) is 13.8 Å². The van der Waals surface area contributed by atoms with Crippen molar-refractivity contribution in [3.8, 4) is 0 Å². The highest BCUT2D eigenvalue weighted by atomic mass is 16.5. The predicted molar refractivity (Wildman–Crippen MR) is 87.2 cm³/mol. The van der Waals surface area contributed by atoms with E-state index in [1.165, 1.54) is 0 Å². The minimum absolute atomic E-state index is 0.130. The summed E-state index contributed by atoms with van der Waals surface area (Å²) in [6, 6.07) is 0. The molecule has 1 amide bonds. The van der Waals surface area contributed by atoms with Crippen molar-refractivity contribution in [3.63, 3.8) is 0 Å². The molecular weight excluding hydrogens is 280 g/mol. The molecule has 0 aliphatic rings. The van der Waals surface area contributed by atoms with Crippen molar-refractivity contribution in [2.45, 2.75) is 47.6 Å². The number of ether oxygens (including phenoxy) is 1. The molecule has 0 aromatic carbocycles. The average Bonchev–Trinajstić information content (AvgIpc) is 2.69. The van der Waals surface area contributed by atoms with Gasteiger partial charge in [-0.1, -0.05) is 12.2 Å². The van der Waals surface area contributed by atoms with Crippen molar-refractivity contribution in [2.75, 3.05) is 13.1 Å². The second-order valence-corrected chi connectivity index (χ2v) is 5.86. The van der Waals surface area contributed by atoms with Crippen LogP contribution in [0.25, 0.3) is 0 Å². The van der Waals surface area contributed by atoms with E-state index < -0.39 is 5.97 Å². The van der Waals surface area contributed by atoms with Gasteiger partial charge in [0.2, 0.25) is 0 Å². The van der Waals surface area contributed by atoms with Crippen LogP contribution in [0.3, 0.4) is 0 Å². The third kappa shape index (κ3) is 4.00. The molecule has 0 saturated carbocycles. The Balaban J connectivity index is 3.14. The van der Waals surface area contributed by atoms with Gasteiger partial charge >= 0.3 is 5.97 Å². The number of carbonyl (C=O) groups excluding carboxylic acids is 2. The maximum Gasteiger partial charge on any atom is 0.340 e. The normalized spacial score (nSPS) is 10.7. The lowest BCUT2D eigenvalue weighted by Gasteiger charge is -2.20. The Morgan fingerprint density at radius 2 is 1.91 bits per heavy atom. The Hall–Kier alpha value is -2.04. The van der Waals surface area contributed by atoms with Crippen molar-refractivity contribution < 1.29 is 14.3 Å². The number of rotatable bonds is 6. The zero-order chi connectivity index (χ0) is 17.0. The standard InChI is InChI=1S/C17H26N2O3/c1-8-19(9-10(2)3)16(20)15-12(6)14(13(7)18-15)17(21)22-11(4)5/h11,18H,2,8-9H2,1,3-7H3. The molecule has 1 aromatic heterocycles. The van der Waals surface area contributed by atoms with Gasteiger partial charge in [-0.15, -0.1) is 0 Å². The first kappa shape index (κ1) is 18.0. The van der Waals surface area contributed by atoms with Crippen LogP contribution in [0.2, 0.25) is 0 Å². The van der Waals surface area contributed by atoms with E-state index in [0.717, 1.165) is 5.57 Å². The van der Waals surface area contributed by atoms with E-state index in [1.54, 1.807) is 32.6 Å². The molecule has 1 aromatic rings. The third-order valence-electron chi connectivity index (χ3n) is 3.33. The van der Waals surface area contributed by atoms with Gasteiger partial charge in [0, 0.05) is 18.8 Å². The highest BCUT2D eigenvalue weighted by molar-refractivity contribution is 6.00. The van der Waals surface area contributed by atoms with Crippen molar-refractivity contribution in [2.24, 2.45) is 0 Å². The van der Waals surface area contributed by atoms with Crippen molar-refractivity contribution in [1.82, 2.24) is 9.88 Å². The molecule has 0 unspecified atom stereocenters. The number of aromatic nitrogens is 1. The fourth-order valence-corrected chi connectivity index (χ4v) is 2.35. The molecule has 0 aliphatic carbocycles. The fourth-order valence-electron chi connectivity index (χ4n) is 2.35. The van der Waals surface area contributed by atoms with Gasteiger partial charge in [0.1, 0.15) is 5.69 Å². The third-order valence-corrected chi connectivity index (χ3v) is 3.33. The fraction of sp³-hybridized carbons (Fsp3) is 0.529. The minimum Gasteiger partial charge on any atom is -0.459 e. The van der Waals surface area contributed by atoms with E-state index in [4.69, 9.17) is 4.74 Å². The number of hydrogen-bond acceptors (Lipinski definition) is 3. The van der Waals surface area contributed by atoms with E-state index in [9.17, 15) is 9.59 Å². The molecule has 5 heteroatoms. The molecule has 0 spiro atoms. The maximum atomic E-state index is 12.6. The molecule has 122 valence electrons. The lowest BCUT2D eigenvalue weighted by atomic mass is 10.1. The number of amides is 1. The first-order valence-electron chi connectivity index (χ1n) is 7.52. The summed E-state index contributed by atoms with van der Waals surface area (Å²) < 4.78 is 5.24. The van der Waals surface area contributed by atoms with Gasteiger partial charge in [-0.25, -0.2) is 4.79 Å². The Kier molecular flexibility index (Phi) is 5.97. The van der Waals surface area contributed by atoms with Crippen LogP contribution in [0.4, 0.5) is 0 Å². The topological polar surface area (TPSA) is 62.4 Å². The molecule has 0 aliphatic heterocycles. The zero-order valence-electron chi connectivity index (χ0n) is 14.4. The first-order valence-corrected chi connectivity index (χ1v) is 7.52. The van der Waals surface area contributed by atoms with Gasteiger partial charge in [-0.2, -0.15) is 0 Å². The second kappa shape index (κ2) is 7.29. The van der Waals surface area contributed by atoms with E-state index in [-0.39, 0.29) is 12.0 Å². The Morgan fingerprint density at radius 3 is 2.36 bits per heavy atom. The summed E-state index contributed by atoms with van der Waals surface area (Å²) in [5.74, 6) is -0.530. The summed E-state index contributed by atoms with van der Waals surface area (Å²) in [6.45, 7) is 15.9. The SMILES string of the molecule is C=C(C)CN(CC)C(=O)c1[nH]c(C)c(C(=O)OC(C)C)c1C. The lowest BCUT2D eigenvalue weighted by Crippen LogP contribution is -2.32. The van der Waals surface area contributed by atoms with Gasteiger partial charge in [-0.05, 0) is 47.1 Å². The molecule has 1 heterocycles. The van der Waals surface area contributed by atoms with Gasteiger partial charge in [-0.3, -0.25) is 4.79 Å². The Labute approximate surface area is 132 Å². The molecule has 0 atom stereocenters. The van der Waals surface area contributed by atoms with Crippen LogP contribution < -0.4 is 0 Å². The lowest BCUT2D eigenvalue weighted by molar-refractivity contribution is 0.0376. The predicted octanol–water partition coefficient (Wildman–Crippen LogP) is 3.23. The summed E-state index contributed by atoms with van der Waals surface area (Å²) in [6.07, 6.45) is -0.198. The number of nitrogens with zero attached hydrogens (tertiary/aromatic N) is 1. The smallest absolute Gasteiger partial charge is 0.340 e. The summed E-state index contributed by atoms with van der Waals surface area (Å²) >= 11 is 0. The highest BCUT2D eigenvalue weighted by Gasteiger charge is 2.25. The number of carbonyl (C=O) groups is 2. The summed E-state index contributed by atoms with van der Waals surface area (Å²) in [5.41, 5.74) is 3.08. The van der Waals surface area contributed by atoms with E-state index >= 15 is 0 Å². The Bertz CT molecular complexity index is 585. The summed E-state index contributed by atoms with van der Waals surface area (Å²) in [4.78, 5) is 29.5. The monoisotopic (exact) mass is 306 g/mol. The quantitative estimate of drug-likeness (QED) is 0.648. The number of H-pyrrole nitrogens is 1. The number of esters is 1. The maximum absolute atomic E-state index is 12.6. The van der Waals surface area contributed by atoms with Gasteiger partial charge < -0.3 is 14.6 Å². The van der Waals surface area contributed by atoms with Crippen molar-refractivity contribution >= 4 is 11.9 Å².